The lowest BCUT2D eigenvalue weighted by molar-refractivity contribution is -0.150. The molecule has 0 aromatic heterocycles. The summed E-state index contributed by atoms with van der Waals surface area (Å²) in [5, 5.41) is 0. The van der Waals surface area contributed by atoms with Crippen LogP contribution < -0.4 is 0 Å². The molecule has 0 amide bonds. The molecular weight excluding hydrogens is 135 g/mol. The van der Waals surface area contributed by atoms with Gasteiger partial charge < -0.3 is 4.74 Å². The number of carbonyl (C=O) groups is 1. The Hall–Kier alpha value is -0.600. The van der Waals surface area contributed by atoms with E-state index in [-0.39, 0.29) is 6.10 Å². The van der Waals surface area contributed by atoms with Crippen LogP contribution in [0, 0.1) is 0 Å². The van der Waals surface area contributed by atoms with Crippen LogP contribution in [0.15, 0.2) is 0 Å². The van der Waals surface area contributed by atoms with Gasteiger partial charge in [-0.05, 0) is 12.8 Å². The minimum absolute atomic E-state index is 0.108. The summed E-state index contributed by atoms with van der Waals surface area (Å²) in [4.78, 5) is 10.3. The average molecular weight is 148 g/mol. The van der Waals surface area contributed by atoms with Gasteiger partial charge in [0.15, 0.2) is 6.67 Å². The normalized spacial score (nSPS) is 10.0. The molecule has 60 valence electrons. The lowest BCUT2D eigenvalue weighted by Gasteiger charge is -2.11. The number of rotatable bonds is 4. The Kier molecular flexibility index (Phi) is 4.89. The SMILES string of the molecule is CCC(CC)OC(=O)CF. The molecule has 0 saturated heterocycles. The van der Waals surface area contributed by atoms with Gasteiger partial charge in [-0.25, -0.2) is 9.18 Å². The standard InChI is InChI=1S/C7H13FO2/c1-3-6(4-2)10-7(9)5-8/h6H,3-5H2,1-2H3. The van der Waals surface area contributed by atoms with E-state index < -0.39 is 12.6 Å². The van der Waals surface area contributed by atoms with E-state index in [0.717, 1.165) is 12.8 Å². The Labute approximate surface area is 60.4 Å². The van der Waals surface area contributed by atoms with Crippen LogP contribution in [0.5, 0.6) is 0 Å². The minimum atomic E-state index is -1.02. The third kappa shape index (κ3) is 3.43. The summed E-state index contributed by atoms with van der Waals surface area (Å²) in [6.45, 7) is 2.79. The van der Waals surface area contributed by atoms with Gasteiger partial charge in [0.2, 0.25) is 0 Å². The molecule has 3 heteroatoms. The third-order valence-corrected chi connectivity index (χ3v) is 1.32. The maximum absolute atomic E-state index is 11.5. The molecule has 0 heterocycles. The van der Waals surface area contributed by atoms with Gasteiger partial charge in [0.25, 0.3) is 0 Å². The first-order chi connectivity index (χ1) is 4.74. The van der Waals surface area contributed by atoms with E-state index in [2.05, 4.69) is 4.74 Å². The molecule has 0 N–H and O–H groups in total. The highest BCUT2D eigenvalue weighted by Gasteiger charge is 2.08. The van der Waals surface area contributed by atoms with E-state index in [9.17, 15) is 9.18 Å². The number of hydrogen-bond donors (Lipinski definition) is 0. The van der Waals surface area contributed by atoms with Crippen LogP contribution in [0.2, 0.25) is 0 Å². The van der Waals surface area contributed by atoms with Crippen molar-refractivity contribution < 1.29 is 13.9 Å². The monoisotopic (exact) mass is 148 g/mol. The largest absolute Gasteiger partial charge is 0.460 e. The fourth-order valence-electron chi connectivity index (χ4n) is 0.673. The van der Waals surface area contributed by atoms with Crippen molar-refractivity contribution in [2.75, 3.05) is 6.67 Å². The number of halogens is 1. The second-order valence-corrected chi connectivity index (χ2v) is 2.06. The van der Waals surface area contributed by atoms with Crippen molar-refractivity contribution in [1.29, 1.82) is 0 Å². The molecule has 0 aromatic carbocycles. The Morgan fingerprint density at radius 1 is 1.50 bits per heavy atom. The Morgan fingerprint density at radius 2 is 2.00 bits per heavy atom. The summed E-state index contributed by atoms with van der Waals surface area (Å²) in [6, 6.07) is 0. The summed E-state index contributed by atoms with van der Waals surface area (Å²) in [5.41, 5.74) is 0. The van der Waals surface area contributed by atoms with Gasteiger partial charge in [-0.3, -0.25) is 0 Å². The van der Waals surface area contributed by atoms with E-state index in [1.54, 1.807) is 0 Å². The molecule has 0 aliphatic rings. The van der Waals surface area contributed by atoms with Gasteiger partial charge in [0.05, 0.1) is 0 Å². The maximum Gasteiger partial charge on any atom is 0.337 e. The van der Waals surface area contributed by atoms with Crippen molar-refractivity contribution in [1.82, 2.24) is 0 Å². The summed E-state index contributed by atoms with van der Waals surface area (Å²) in [5.74, 6) is -0.756. The molecule has 0 radical (unpaired) electrons. The molecule has 0 bridgehead atoms. The number of alkyl halides is 1. The molecule has 2 nitrogen and oxygen atoms in total. The molecule has 0 aliphatic carbocycles. The smallest absolute Gasteiger partial charge is 0.337 e. The van der Waals surface area contributed by atoms with Crippen LogP contribution in [0.25, 0.3) is 0 Å². The third-order valence-electron chi connectivity index (χ3n) is 1.32. The predicted molar refractivity (Wildman–Crippen MR) is 36.4 cm³/mol. The first-order valence-electron chi connectivity index (χ1n) is 3.50. The van der Waals surface area contributed by atoms with Crippen molar-refractivity contribution in [3.8, 4) is 0 Å². The minimum Gasteiger partial charge on any atom is -0.460 e. The molecule has 10 heavy (non-hydrogen) atoms. The number of ether oxygens (including phenoxy) is 1. The molecule has 0 aliphatic heterocycles. The summed E-state index contributed by atoms with van der Waals surface area (Å²) < 4.78 is 16.2. The number of hydrogen-bond acceptors (Lipinski definition) is 2. The van der Waals surface area contributed by atoms with Crippen molar-refractivity contribution in [2.45, 2.75) is 32.8 Å². The highest BCUT2D eigenvalue weighted by atomic mass is 19.1. The Morgan fingerprint density at radius 3 is 2.30 bits per heavy atom. The van der Waals surface area contributed by atoms with E-state index in [1.807, 2.05) is 13.8 Å². The van der Waals surface area contributed by atoms with Crippen molar-refractivity contribution >= 4 is 5.97 Å². The summed E-state index contributed by atoms with van der Waals surface area (Å²) in [7, 11) is 0. The van der Waals surface area contributed by atoms with Crippen LogP contribution in [-0.4, -0.2) is 18.7 Å². The van der Waals surface area contributed by atoms with Gasteiger partial charge >= 0.3 is 5.97 Å². The zero-order chi connectivity index (χ0) is 7.98. The fraction of sp³-hybridized carbons (Fsp3) is 0.857. The second-order valence-electron chi connectivity index (χ2n) is 2.06. The summed E-state index contributed by atoms with van der Waals surface area (Å²) >= 11 is 0. The highest BCUT2D eigenvalue weighted by Crippen LogP contribution is 2.02. The molecular formula is C7H13FO2. The number of carbonyl (C=O) groups excluding carboxylic acids is 1. The second kappa shape index (κ2) is 5.21. The highest BCUT2D eigenvalue weighted by molar-refractivity contribution is 5.70. The van der Waals surface area contributed by atoms with Crippen molar-refractivity contribution in [3.63, 3.8) is 0 Å². The van der Waals surface area contributed by atoms with Crippen molar-refractivity contribution in [2.24, 2.45) is 0 Å². The van der Waals surface area contributed by atoms with Gasteiger partial charge in [-0.2, -0.15) is 0 Å². The predicted octanol–water partition coefficient (Wildman–Crippen LogP) is 1.69. The molecule has 0 rings (SSSR count). The Bertz CT molecular complexity index is 99.8. The zero-order valence-electron chi connectivity index (χ0n) is 6.39. The van der Waals surface area contributed by atoms with E-state index >= 15 is 0 Å². The fourth-order valence-corrected chi connectivity index (χ4v) is 0.673. The summed E-state index contributed by atoms with van der Waals surface area (Å²) in [6.07, 6.45) is 1.40. The van der Waals surface area contributed by atoms with Crippen LogP contribution in [0.3, 0.4) is 0 Å². The number of esters is 1. The molecule has 0 atom stereocenters. The van der Waals surface area contributed by atoms with E-state index in [0.29, 0.717) is 0 Å². The lowest BCUT2D eigenvalue weighted by Crippen LogP contribution is -2.17. The molecule has 0 spiro atoms. The molecule has 0 fully saturated rings. The van der Waals surface area contributed by atoms with Gasteiger partial charge in [0, 0.05) is 0 Å². The van der Waals surface area contributed by atoms with E-state index in [4.69, 9.17) is 0 Å². The quantitative estimate of drug-likeness (QED) is 0.567. The maximum atomic E-state index is 11.5. The van der Waals surface area contributed by atoms with Crippen LogP contribution in [0.1, 0.15) is 26.7 Å². The molecule has 0 unspecified atom stereocenters. The van der Waals surface area contributed by atoms with Gasteiger partial charge in [-0.15, -0.1) is 0 Å². The van der Waals surface area contributed by atoms with Crippen molar-refractivity contribution in [3.05, 3.63) is 0 Å². The van der Waals surface area contributed by atoms with Crippen LogP contribution >= 0.6 is 0 Å². The first kappa shape index (κ1) is 9.40. The Balaban J connectivity index is 3.52. The van der Waals surface area contributed by atoms with Gasteiger partial charge in [0.1, 0.15) is 6.10 Å². The van der Waals surface area contributed by atoms with Crippen LogP contribution in [0.4, 0.5) is 4.39 Å². The van der Waals surface area contributed by atoms with Gasteiger partial charge in [-0.1, -0.05) is 13.8 Å². The first-order valence-corrected chi connectivity index (χ1v) is 3.50. The lowest BCUT2D eigenvalue weighted by atomic mass is 10.2. The topological polar surface area (TPSA) is 26.3 Å². The molecule has 0 aromatic rings. The average Bonchev–Trinajstić information content (AvgIpc) is 1.99. The molecule has 0 saturated carbocycles. The van der Waals surface area contributed by atoms with Crippen LogP contribution in [-0.2, 0) is 9.53 Å². The zero-order valence-corrected chi connectivity index (χ0v) is 6.39. The van der Waals surface area contributed by atoms with E-state index in [1.165, 1.54) is 0 Å².